The summed E-state index contributed by atoms with van der Waals surface area (Å²) in [5, 5.41) is 0. The van der Waals surface area contributed by atoms with Crippen LogP contribution in [0.4, 0.5) is 22.0 Å². The van der Waals surface area contributed by atoms with E-state index in [1.54, 1.807) is 0 Å². The summed E-state index contributed by atoms with van der Waals surface area (Å²) in [7, 11) is -5.80. The molecule has 0 aliphatic carbocycles. The van der Waals surface area contributed by atoms with Crippen LogP contribution in [-0.4, -0.2) is 13.0 Å². The molecule has 0 aliphatic rings. The topological polar surface area (TPSA) is 57.2 Å². The number of hydrogen-bond donors (Lipinski definition) is 0. The smallest absolute Gasteiger partial charge is 0.200 e. The molecule has 0 bridgehead atoms. The third-order valence-corrected chi connectivity index (χ3v) is 8.00. The highest BCUT2D eigenvalue weighted by Gasteiger charge is 2.29. The van der Waals surface area contributed by atoms with Crippen LogP contribution in [0, 0.1) is 42.9 Å². The lowest BCUT2D eigenvalue weighted by Crippen LogP contribution is -2.12. The third-order valence-electron chi connectivity index (χ3n) is 4.91. The van der Waals surface area contributed by atoms with Gasteiger partial charge in [0.2, 0.25) is 5.82 Å². The standard InChI is InChI=1S/C20H19S.C6HF5O3S/c1-16-8-12-19(13-9-16)21(18-6-4-3-5-7-18)20-14-10-17(2)11-15-20;7-1-2(8)4(10)6(15(12,13)14)5(11)3(1)9/h3-15H,1-2H3;(H,12,13,14)/q+1;/p-1. The Hall–Kier alpha value is -3.21. The second-order valence-corrected chi connectivity index (χ2v) is 10.9. The first-order valence-electron chi connectivity index (χ1n) is 10.3. The third kappa shape index (κ3) is 6.13. The quantitative estimate of drug-likeness (QED) is 0.0957. The van der Waals surface area contributed by atoms with Gasteiger partial charge in [0.1, 0.15) is 15.0 Å². The molecule has 0 N–H and O–H groups in total. The first kappa shape index (κ1) is 27.4. The van der Waals surface area contributed by atoms with E-state index in [1.807, 2.05) is 0 Å². The molecule has 0 unspecified atom stereocenters. The second kappa shape index (κ2) is 11.2. The van der Waals surface area contributed by atoms with Gasteiger partial charge < -0.3 is 4.55 Å². The summed E-state index contributed by atoms with van der Waals surface area (Å²) in [5.74, 6) is -12.8. The Labute approximate surface area is 208 Å². The van der Waals surface area contributed by atoms with Crippen LogP contribution >= 0.6 is 0 Å². The molecular weight excluding hydrogens is 519 g/mol. The maximum atomic E-state index is 12.6. The number of halogens is 5. The summed E-state index contributed by atoms with van der Waals surface area (Å²) in [6, 6.07) is 28.6. The normalized spacial score (nSPS) is 11.2. The molecular formula is C26H19F5O3S2. The van der Waals surface area contributed by atoms with Crippen molar-refractivity contribution in [2.75, 3.05) is 0 Å². The van der Waals surface area contributed by atoms with E-state index in [9.17, 15) is 34.9 Å². The molecule has 0 aromatic heterocycles. The minimum absolute atomic E-state index is 0.0312. The highest BCUT2D eigenvalue weighted by atomic mass is 32.2. The van der Waals surface area contributed by atoms with Gasteiger partial charge in [0.25, 0.3) is 0 Å². The SMILES string of the molecule is Cc1ccc([S+](c2ccccc2)c2ccc(C)cc2)cc1.O=S(=O)([O-])c1c(F)c(F)c(F)c(F)c1F. The predicted octanol–water partition coefficient (Wildman–Crippen LogP) is 6.69. The molecule has 0 amide bonds. The van der Waals surface area contributed by atoms with E-state index in [0.29, 0.717) is 0 Å². The molecule has 0 atom stereocenters. The highest BCUT2D eigenvalue weighted by Crippen LogP contribution is 2.31. The fraction of sp³-hybridized carbons (Fsp3) is 0.0769. The van der Waals surface area contributed by atoms with Crippen LogP contribution in [0.5, 0.6) is 0 Å². The summed E-state index contributed by atoms with van der Waals surface area (Å²) in [6.07, 6.45) is 0. The first-order valence-corrected chi connectivity index (χ1v) is 12.9. The maximum absolute atomic E-state index is 12.6. The van der Waals surface area contributed by atoms with Crippen molar-refractivity contribution in [1.29, 1.82) is 0 Å². The van der Waals surface area contributed by atoms with E-state index in [0.717, 1.165) is 0 Å². The van der Waals surface area contributed by atoms with Gasteiger partial charge in [0.15, 0.2) is 38.0 Å². The summed E-state index contributed by atoms with van der Waals surface area (Å²) >= 11 is 0. The highest BCUT2D eigenvalue weighted by molar-refractivity contribution is 7.97. The van der Waals surface area contributed by atoms with Crippen LogP contribution in [0.15, 0.2) is 98.4 Å². The fourth-order valence-corrected chi connectivity index (χ4v) is 5.80. The van der Waals surface area contributed by atoms with Gasteiger partial charge in [-0.1, -0.05) is 53.6 Å². The molecule has 36 heavy (non-hydrogen) atoms. The predicted molar refractivity (Wildman–Crippen MR) is 125 cm³/mol. The Morgan fingerprint density at radius 1 is 0.556 bits per heavy atom. The molecule has 0 saturated carbocycles. The minimum Gasteiger partial charge on any atom is -0.744 e. The number of hydrogen-bond acceptors (Lipinski definition) is 3. The lowest BCUT2D eigenvalue weighted by atomic mass is 10.2. The van der Waals surface area contributed by atoms with Crippen LogP contribution in [0.25, 0.3) is 0 Å². The molecule has 3 nitrogen and oxygen atoms in total. The number of benzene rings is 4. The van der Waals surface area contributed by atoms with E-state index in [-0.39, 0.29) is 10.9 Å². The Morgan fingerprint density at radius 3 is 1.25 bits per heavy atom. The Morgan fingerprint density at radius 2 is 0.889 bits per heavy atom. The van der Waals surface area contributed by atoms with Crippen LogP contribution in [0.2, 0.25) is 0 Å². The molecule has 0 heterocycles. The Bertz CT molecular complexity index is 1380. The van der Waals surface area contributed by atoms with Crippen molar-refractivity contribution in [3.05, 3.63) is 119 Å². The summed E-state index contributed by atoms with van der Waals surface area (Å²) in [6.45, 7) is 4.27. The molecule has 4 rings (SSSR count). The van der Waals surface area contributed by atoms with E-state index < -0.39 is 44.1 Å². The molecule has 4 aromatic carbocycles. The van der Waals surface area contributed by atoms with Gasteiger partial charge in [-0.25, -0.2) is 30.4 Å². The van der Waals surface area contributed by atoms with E-state index in [2.05, 4.69) is 92.7 Å². The Kier molecular flexibility index (Phi) is 8.55. The van der Waals surface area contributed by atoms with Crippen molar-refractivity contribution < 1.29 is 34.9 Å². The van der Waals surface area contributed by atoms with Crippen LogP contribution in [0.1, 0.15) is 11.1 Å². The summed E-state index contributed by atoms with van der Waals surface area (Å²) < 4.78 is 92.9. The molecule has 0 spiro atoms. The molecule has 0 aliphatic heterocycles. The maximum Gasteiger partial charge on any atom is 0.200 e. The zero-order valence-electron chi connectivity index (χ0n) is 18.9. The van der Waals surface area contributed by atoms with Gasteiger partial charge in [-0.2, -0.15) is 0 Å². The Balaban J connectivity index is 0.000000214. The van der Waals surface area contributed by atoms with Crippen LogP contribution in [-0.2, 0) is 21.0 Å². The van der Waals surface area contributed by atoms with E-state index in [1.165, 1.54) is 25.8 Å². The average Bonchev–Trinajstić information content (AvgIpc) is 2.84. The number of aryl methyl sites for hydroxylation is 2. The van der Waals surface area contributed by atoms with Crippen molar-refractivity contribution in [3.63, 3.8) is 0 Å². The van der Waals surface area contributed by atoms with Crippen molar-refractivity contribution in [3.8, 4) is 0 Å². The zero-order valence-corrected chi connectivity index (χ0v) is 20.6. The monoisotopic (exact) mass is 538 g/mol. The van der Waals surface area contributed by atoms with Gasteiger partial charge in [0, 0.05) is 0 Å². The average molecular weight is 539 g/mol. The second-order valence-electron chi connectivity index (χ2n) is 7.60. The van der Waals surface area contributed by atoms with Crippen LogP contribution in [0.3, 0.4) is 0 Å². The van der Waals surface area contributed by atoms with E-state index in [4.69, 9.17) is 0 Å². The van der Waals surface area contributed by atoms with Gasteiger partial charge in [-0.05, 0) is 50.2 Å². The largest absolute Gasteiger partial charge is 0.744 e. The molecule has 188 valence electrons. The summed E-state index contributed by atoms with van der Waals surface area (Å²) in [5.41, 5.74) is 2.61. The van der Waals surface area contributed by atoms with Crippen LogP contribution < -0.4 is 0 Å². The fourth-order valence-electron chi connectivity index (χ4n) is 3.12. The van der Waals surface area contributed by atoms with Gasteiger partial charge in [0.05, 0.1) is 10.9 Å². The summed E-state index contributed by atoms with van der Waals surface area (Å²) in [4.78, 5) is 1.73. The first-order chi connectivity index (χ1) is 16.9. The van der Waals surface area contributed by atoms with Crippen molar-refractivity contribution in [2.24, 2.45) is 0 Å². The molecule has 0 radical (unpaired) electrons. The number of rotatable bonds is 4. The van der Waals surface area contributed by atoms with Crippen molar-refractivity contribution >= 4 is 21.0 Å². The zero-order chi connectivity index (χ0) is 26.6. The van der Waals surface area contributed by atoms with Crippen molar-refractivity contribution in [2.45, 2.75) is 33.4 Å². The molecule has 0 saturated heterocycles. The molecule has 4 aromatic rings. The lowest BCUT2D eigenvalue weighted by Gasteiger charge is -2.10. The molecule has 10 heteroatoms. The molecule has 0 fully saturated rings. The van der Waals surface area contributed by atoms with Crippen molar-refractivity contribution in [1.82, 2.24) is 0 Å². The van der Waals surface area contributed by atoms with Gasteiger partial charge >= 0.3 is 0 Å². The van der Waals surface area contributed by atoms with Gasteiger partial charge in [-0.3, -0.25) is 0 Å². The lowest BCUT2D eigenvalue weighted by molar-refractivity contribution is 0.350. The minimum atomic E-state index is -5.77. The van der Waals surface area contributed by atoms with Gasteiger partial charge in [-0.15, -0.1) is 0 Å². The van der Waals surface area contributed by atoms with E-state index >= 15 is 0 Å².